The van der Waals surface area contributed by atoms with Gasteiger partial charge in [0.05, 0.1) is 12.6 Å². The summed E-state index contributed by atoms with van der Waals surface area (Å²) >= 11 is 0. The Bertz CT molecular complexity index is 875. The number of carboxylic acid groups (broad SMARTS) is 1. The number of carbonyl (C=O) groups is 1. The van der Waals surface area contributed by atoms with Gasteiger partial charge >= 0.3 is 5.97 Å². The van der Waals surface area contributed by atoms with Gasteiger partial charge in [0.15, 0.2) is 0 Å². The van der Waals surface area contributed by atoms with Gasteiger partial charge in [-0.2, -0.15) is 0 Å². The van der Waals surface area contributed by atoms with Crippen LogP contribution in [-0.4, -0.2) is 52.9 Å². The number of nitrogens with zero attached hydrogens (tertiary/aromatic N) is 1. The molecule has 1 aromatic carbocycles. The fourth-order valence-electron chi connectivity index (χ4n) is 3.42. The predicted octanol–water partition coefficient (Wildman–Crippen LogP) is 1.39. The van der Waals surface area contributed by atoms with Crippen molar-refractivity contribution in [2.45, 2.75) is 12.5 Å². The molecule has 1 aromatic heterocycles. The Morgan fingerprint density at radius 3 is 2.89 bits per heavy atom. The van der Waals surface area contributed by atoms with Crippen LogP contribution < -0.4 is 11.5 Å². The molecule has 144 valence electrons. The molecule has 0 aliphatic carbocycles. The van der Waals surface area contributed by atoms with E-state index in [9.17, 15) is 9.90 Å². The van der Waals surface area contributed by atoms with Crippen molar-refractivity contribution in [1.29, 1.82) is 0 Å². The van der Waals surface area contributed by atoms with Gasteiger partial charge in [-0.15, -0.1) is 0 Å². The number of hydrogen-bond acceptors (Lipinski definition) is 6. The molecule has 8 nitrogen and oxygen atoms in total. The molecule has 8 heteroatoms. The standard InChI is InChI=1S/C19H24N4O4/c1-23-7-6-14-18(15(23)9-27-10-17(25)26)12(19(21)22-14)8-13(20)11-4-2-3-5-16(11)24/h2-5,8,15,22,24H,6-7,9-10,20-21H2,1H3,(H,25,26)/b13-8-. The van der Waals surface area contributed by atoms with E-state index in [4.69, 9.17) is 21.3 Å². The number of nitrogens with one attached hydrogen (secondary N) is 1. The van der Waals surface area contributed by atoms with Gasteiger partial charge in [0.25, 0.3) is 0 Å². The Kier molecular flexibility index (Phi) is 5.38. The number of nitrogens with two attached hydrogens (primary N) is 2. The number of phenols is 1. The number of H-pyrrole nitrogens is 1. The Morgan fingerprint density at radius 1 is 1.44 bits per heavy atom. The van der Waals surface area contributed by atoms with E-state index in [1.165, 1.54) is 0 Å². The normalized spacial score (nSPS) is 17.7. The number of aromatic amines is 1. The number of phenolic OH excluding ortho intramolecular Hbond substituents is 1. The van der Waals surface area contributed by atoms with Crippen LogP contribution >= 0.6 is 0 Å². The average molecular weight is 372 g/mol. The summed E-state index contributed by atoms with van der Waals surface area (Å²) in [6.45, 7) is 0.668. The summed E-state index contributed by atoms with van der Waals surface area (Å²) in [5, 5.41) is 18.9. The number of aromatic hydroxyl groups is 1. The number of nitrogen functional groups attached to an aromatic ring is 1. The van der Waals surface area contributed by atoms with Crippen molar-refractivity contribution in [3.8, 4) is 5.75 Å². The van der Waals surface area contributed by atoms with Crippen LogP contribution in [0.4, 0.5) is 5.82 Å². The van der Waals surface area contributed by atoms with Gasteiger partial charge in [-0.1, -0.05) is 12.1 Å². The number of fused-ring (bicyclic) bond motifs is 1. The first-order valence-electron chi connectivity index (χ1n) is 8.64. The van der Waals surface area contributed by atoms with Crippen LogP contribution in [0, 0.1) is 0 Å². The molecule has 1 aliphatic heterocycles. The molecule has 27 heavy (non-hydrogen) atoms. The number of carboxylic acids is 1. The zero-order valence-corrected chi connectivity index (χ0v) is 15.1. The Balaban J connectivity index is 1.98. The minimum Gasteiger partial charge on any atom is -0.507 e. The summed E-state index contributed by atoms with van der Waals surface area (Å²) in [4.78, 5) is 16.1. The molecule has 3 rings (SSSR count). The summed E-state index contributed by atoms with van der Waals surface area (Å²) < 4.78 is 5.35. The first-order valence-corrected chi connectivity index (χ1v) is 8.64. The molecule has 0 amide bonds. The van der Waals surface area contributed by atoms with E-state index in [1.807, 2.05) is 7.05 Å². The minimum atomic E-state index is -1.01. The van der Waals surface area contributed by atoms with Crippen LogP contribution in [-0.2, 0) is 16.0 Å². The number of benzene rings is 1. The summed E-state index contributed by atoms with van der Waals surface area (Å²) in [7, 11) is 1.96. The van der Waals surface area contributed by atoms with Gasteiger partial charge in [-0.3, -0.25) is 4.90 Å². The summed E-state index contributed by atoms with van der Waals surface area (Å²) in [6.07, 6.45) is 2.53. The lowest BCUT2D eigenvalue weighted by Gasteiger charge is -2.33. The lowest BCUT2D eigenvalue weighted by Crippen LogP contribution is -2.35. The largest absolute Gasteiger partial charge is 0.507 e. The third-order valence-corrected chi connectivity index (χ3v) is 4.79. The molecular weight excluding hydrogens is 348 g/mol. The highest BCUT2D eigenvalue weighted by Crippen LogP contribution is 2.37. The first-order chi connectivity index (χ1) is 12.9. The lowest BCUT2D eigenvalue weighted by molar-refractivity contribution is -0.142. The molecule has 2 heterocycles. The van der Waals surface area contributed by atoms with Crippen LogP contribution in [0.1, 0.15) is 28.4 Å². The molecule has 0 spiro atoms. The van der Waals surface area contributed by atoms with E-state index in [0.717, 1.165) is 29.8 Å². The number of ether oxygens (including phenoxy) is 1. The smallest absolute Gasteiger partial charge is 0.329 e. The Morgan fingerprint density at radius 2 is 2.19 bits per heavy atom. The fraction of sp³-hybridized carbons (Fsp3) is 0.316. The van der Waals surface area contributed by atoms with E-state index in [2.05, 4.69) is 9.88 Å². The fourth-order valence-corrected chi connectivity index (χ4v) is 3.42. The molecule has 0 radical (unpaired) electrons. The van der Waals surface area contributed by atoms with Crippen LogP contribution in [0.2, 0.25) is 0 Å². The van der Waals surface area contributed by atoms with Crippen molar-refractivity contribution >= 4 is 23.6 Å². The number of para-hydroxylation sites is 1. The molecule has 0 bridgehead atoms. The maximum atomic E-state index is 10.8. The molecule has 1 aliphatic rings. The van der Waals surface area contributed by atoms with Crippen molar-refractivity contribution in [2.75, 3.05) is 32.5 Å². The van der Waals surface area contributed by atoms with Crippen LogP contribution in [0.5, 0.6) is 5.75 Å². The third kappa shape index (κ3) is 3.91. The van der Waals surface area contributed by atoms with Gasteiger partial charge in [-0.25, -0.2) is 4.79 Å². The highest BCUT2D eigenvalue weighted by Gasteiger charge is 2.30. The van der Waals surface area contributed by atoms with Crippen molar-refractivity contribution in [2.24, 2.45) is 5.73 Å². The molecule has 2 aromatic rings. The van der Waals surface area contributed by atoms with E-state index < -0.39 is 5.97 Å². The minimum absolute atomic E-state index is 0.0904. The maximum absolute atomic E-state index is 10.8. The van der Waals surface area contributed by atoms with Crippen molar-refractivity contribution < 1.29 is 19.7 Å². The van der Waals surface area contributed by atoms with E-state index in [-0.39, 0.29) is 25.0 Å². The van der Waals surface area contributed by atoms with Crippen LogP contribution in [0.25, 0.3) is 11.8 Å². The highest BCUT2D eigenvalue weighted by molar-refractivity contribution is 5.86. The van der Waals surface area contributed by atoms with Crippen molar-refractivity contribution in [1.82, 2.24) is 9.88 Å². The van der Waals surface area contributed by atoms with E-state index in [0.29, 0.717) is 17.1 Å². The second kappa shape index (κ2) is 7.73. The summed E-state index contributed by atoms with van der Waals surface area (Å²) in [6, 6.07) is 6.68. The third-order valence-electron chi connectivity index (χ3n) is 4.79. The molecule has 1 unspecified atom stereocenters. The van der Waals surface area contributed by atoms with E-state index in [1.54, 1.807) is 30.3 Å². The second-order valence-corrected chi connectivity index (χ2v) is 6.62. The van der Waals surface area contributed by atoms with Crippen LogP contribution in [0.3, 0.4) is 0 Å². The zero-order valence-electron chi connectivity index (χ0n) is 15.1. The SMILES string of the molecule is CN1CCc2[nH]c(N)c(/C=C(\N)c3ccccc3O)c2C1COCC(=O)O. The zero-order chi connectivity index (χ0) is 19.6. The number of rotatable bonds is 6. The molecule has 0 saturated carbocycles. The number of aliphatic carboxylic acids is 1. The Labute approximate surface area is 157 Å². The lowest BCUT2D eigenvalue weighted by atomic mass is 9.94. The first kappa shape index (κ1) is 18.8. The number of aromatic nitrogens is 1. The van der Waals surface area contributed by atoms with E-state index >= 15 is 0 Å². The number of anilines is 1. The van der Waals surface area contributed by atoms with Gasteiger partial charge < -0.3 is 31.4 Å². The average Bonchev–Trinajstić information content (AvgIpc) is 2.93. The summed E-state index contributed by atoms with van der Waals surface area (Å²) in [5.41, 5.74) is 16.0. The molecule has 0 saturated heterocycles. The van der Waals surface area contributed by atoms with Crippen molar-refractivity contribution in [3.63, 3.8) is 0 Å². The number of likely N-dealkylation sites (N-methyl/N-ethyl adjacent to an activating group) is 1. The maximum Gasteiger partial charge on any atom is 0.329 e. The van der Waals surface area contributed by atoms with Gasteiger partial charge in [0.2, 0.25) is 0 Å². The monoisotopic (exact) mass is 372 g/mol. The van der Waals surface area contributed by atoms with Gasteiger partial charge in [0.1, 0.15) is 18.2 Å². The summed E-state index contributed by atoms with van der Waals surface area (Å²) in [5.74, 6) is -0.434. The molecule has 1 atom stereocenters. The molecular formula is C19H24N4O4. The Hall–Kier alpha value is -2.97. The highest BCUT2D eigenvalue weighted by atomic mass is 16.5. The second-order valence-electron chi connectivity index (χ2n) is 6.62. The predicted molar refractivity (Wildman–Crippen MR) is 103 cm³/mol. The topological polar surface area (TPSA) is 138 Å². The molecule has 7 N–H and O–H groups in total. The van der Waals surface area contributed by atoms with Gasteiger partial charge in [-0.05, 0) is 25.3 Å². The van der Waals surface area contributed by atoms with Crippen LogP contribution in [0.15, 0.2) is 24.3 Å². The van der Waals surface area contributed by atoms with Gasteiger partial charge in [0, 0.05) is 41.0 Å². The molecule has 0 fully saturated rings. The quantitative estimate of drug-likeness (QED) is 0.516. The van der Waals surface area contributed by atoms with Crippen molar-refractivity contribution in [3.05, 3.63) is 46.6 Å². The number of hydrogen-bond donors (Lipinski definition) is 5.